The smallest absolute Gasteiger partial charge is 0.416 e. The summed E-state index contributed by atoms with van der Waals surface area (Å²) in [5, 5.41) is 0. The summed E-state index contributed by atoms with van der Waals surface area (Å²) in [6.07, 6.45) is -1.86. The molecule has 1 fully saturated rings. The maximum absolute atomic E-state index is 12.5. The predicted molar refractivity (Wildman–Crippen MR) is 56.2 cm³/mol. The molecule has 2 N–H and O–H groups in total. The van der Waals surface area contributed by atoms with Gasteiger partial charge >= 0.3 is 12.1 Å². The molecule has 3 nitrogen and oxygen atoms in total. The number of ether oxygens (including phenoxy) is 1. The summed E-state index contributed by atoms with van der Waals surface area (Å²) in [4.78, 5) is 11.5. The van der Waals surface area contributed by atoms with Gasteiger partial charge in [0.05, 0.1) is 0 Å². The molecule has 1 aliphatic carbocycles. The molecule has 0 saturated heterocycles. The summed E-state index contributed by atoms with van der Waals surface area (Å²) in [6.45, 7) is 2.52. The Morgan fingerprint density at radius 3 is 2.29 bits per heavy atom. The van der Waals surface area contributed by atoms with Gasteiger partial charge in [0.2, 0.25) is 5.54 Å². The van der Waals surface area contributed by atoms with Crippen LogP contribution in [0.3, 0.4) is 0 Å². The number of esters is 1. The fourth-order valence-electron chi connectivity index (χ4n) is 1.83. The van der Waals surface area contributed by atoms with E-state index in [0.29, 0.717) is 13.3 Å². The molecular weight excluding hydrogens is 235 g/mol. The van der Waals surface area contributed by atoms with Crippen LogP contribution < -0.4 is 5.73 Å². The minimum atomic E-state index is -4.79. The number of rotatable bonds is 2. The number of alkyl halides is 3. The molecule has 100 valence electrons. The van der Waals surface area contributed by atoms with Crippen LogP contribution in [0.2, 0.25) is 0 Å². The number of halogens is 3. The van der Waals surface area contributed by atoms with Crippen molar-refractivity contribution in [1.82, 2.24) is 0 Å². The van der Waals surface area contributed by atoms with Gasteiger partial charge in [-0.25, -0.2) is 4.79 Å². The zero-order valence-corrected chi connectivity index (χ0v) is 10.0. The third kappa shape index (κ3) is 3.12. The highest BCUT2D eigenvalue weighted by molar-refractivity contribution is 5.81. The van der Waals surface area contributed by atoms with Gasteiger partial charge in [-0.15, -0.1) is 0 Å². The zero-order valence-electron chi connectivity index (χ0n) is 10.0. The van der Waals surface area contributed by atoms with Crippen molar-refractivity contribution in [3.8, 4) is 0 Å². The second-order valence-electron chi connectivity index (χ2n) is 4.91. The summed E-state index contributed by atoms with van der Waals surface area (Å²) >= 11 is 0. The van der Waals surface area contributed by atoms with Gasteiger partial charge in [-0.3, -0.25) is 0 Å². The summed E-state index contributed by atoms with van der Waals surface area (Å²) < 4.78 is 42.4. The van der Waals surface area contributed by atoms with Crippen LogP contribution in [0.5, 0.6) is 0 Å². The Labute approximate surface area is 98.5 Å². The molecule has 0 aliphatic heterocycles. The Balaban J connectivity index is 2.65. The number of carbonyl (C=O) groups excluding carboxylic acids is 1. The Kier molecular flexibility index (Phi) is 4.06. The average molecular weight is 253 g/mol. The Morgan fingerprint density at radius 1 is 1.29 bits per heavy atom. The van der Waals surface area contributed by atoms with E-state index in [1.807, 2.05) is 6.92 Å². The first kappa shape index (κ1) is 14.3. The first-order chi connectivity index (χ1) is 7.66. The highest BCUT2D eigenvalue weighted by atomic mass is 19.4. The third-order valence-electron chi connectivity index (χ3n) is 3.30. The normalized spacial score (nSPS) is 29.5. The fourth-order valence-corrected chi connectivity index (χ4v) is 1.83. The van der Waals surface area contributed by atoms with Gasteiger partial charge in [-0.2, -0.15) is 13.2 Å². The lowest BCUT2D eigenvalue weighted by Gasteiger charge is -2.32. The van der Waals surface area contributed by atoms with Crippen LogP contribution >= 0.6 is 0 Å². The molecule has 1 rings (SSSR count). The van der Waals surface area contributed by atoms with E-state index in [1.54, 1.807) is 0 Å². The quantitative estimate of drug-likeness (QED) is 0.769. The lowest BCUT2D eigenvalue weighted by Crippen LogP contribution is -2.58. The SMILES string of the molecule is CC1CCCCC1OC(=O)C(C)(N)C(F)(F)F. The molecule has 0 radical (unpaired) electrons. The maximum atomic E-state index is 12.5. The van der Waals surface area contributed by atoms with Gasteiger partial charge < -0.3 is 10.5 Å². The Bertz CT molecular complexity index is 289. The molecule has 3 unspecified atom stereocenters. The highest BCUT2D eigenvalue weighted by Gasteiger charge is 2.55. The first-order valence-corrected chi connectivity index (χ1v) is 5.73. The molecule has 0 aromatic heterocycles. The monoisotopic (exact) mass is 253 g/mol. The molecule has 6 heteroatoms. The van der Waals surface area contributed by atoms with Crippen molar-refractivity contribution in [2.24, 2.45) is 11.7 Å². The van der Waals surface area contributed by atoms with Crippen molar-refractivity contribution in [3.05, 3.63) is 0 Å². The lowest BCUT2D eigenvalue weighted by atomic mass is 9.88. The molecule has 1 saturated carbocycles. The topological polar surface area (TPSA) is 52.3 Å². The van der Waals surface area contributed by atoms with Crippen LogP contribution in [0, 0.1) is 5.92 Å². The summed E-state index contributed by atoms with van der Waals surface area (Å²) in [7, 11) is 0. The van der Waals surface area contributed by atoms with Crippen molar-refractivity contribution in [3.63, 3.8) is 0 Å². The molecule has 17 heavy (non-hydrogen) atoms. The molecule has 0 heterocycles. The van der Waals surface area contributed by atoms with E-state index in [0.717, 1.165) is 19.3 Å². The van der Waals surface area contributed by atoms with E-state index < -0.39 is 23.8 Å². The van der Waals surface area contributed by atoms with Crippen molar-refractivity contribution >= 4 is 5.97 Å². The number of carbonyl (C=O) groups is 1. The van der Waals surface area contributed by atoms with Crippen LogP contribution in [-0.4, -0.2) is 23.8 Å². The standard InChI is InChI=1S/C11H18F3NO2/c1-7-5-3-4-6-8(7)17-9(16)10(2,15)11(12,13)14/h7-8H,3-6,15H2,1-2H3. The van der Waals surface area contributed by atoms with Crippen LogP contribution in [0.25, 0.3) is 0 Å². The highest BCUT2D eigenvalue weighted by Crippen LogP contribution is 2.32. The summed E-state index contributed by atoms with van der Waals surface area (Å²) in [5.41, 5.74) is 2.07. The van der Waals surface area contributed by atoms with E-state index in [4.69, 9.17) is 10.5 Å². The molecule has 3 atom stereocenters. The van der Waals surface area contributed by atoms with Gasteiger partial charge in [-0.1, -0.05) is 13.3 Å². The van der Waals surface area contributed by atoms with Gasteiger partial charge in [0.15, 0.2) is 0 Å². The van der Waals surface area contributed by atoms with Crippen molar-refractivity contribution < 1.29 is 22.7 Å². The molecule has 0 amide bonds. The van der Waals surface area contributed by atoms with Gasteiger partial charge in [0.25, 0.3) is 0 Å². The minimum absolute atomic E-state index is 0.0942. The fraction of sp³-hybridized carbons (Fsp3) is 0.909. The minimum Gasteiger partial charge on any atom is -0.460 e. The molecule has 0 aromatic carbocycles. The first-order valence-electron chi connectivity index (χ1n) is 5.73. The molecule has 0 bridgehead atoms. The van der Waals surface area contributed by atoms with Crippen molar-refractivity contribution in [2.75, 3.05) is 0 Å². The zero-order chi connectivity index (χ0) is 13.3. The maximum Gasteiger partial charge on any atom is 0.416 e. The number of nitrogens with two attached hydrogens (primary N) is 1. The second-order valence-corrected chi connectivity index (χ2v) is 4.91. The van der Waals surface area contributed by atoms with E-state index >= 15 is 0 Å². The summed E-state index contributed by atoms with van der Waals surface area (Å²) in [5.74, 6) is -1.29. The van der Waals surface area contributed by atoms with Gasteiger partial charge in [0.1, 0.15) is 6.10 Å². The van der Waals surface area contributed by atoms with E-state index in [-0.39, 0.29) is 5.92 Å². The number of hydrogen-bond acceptors (Lipinski definition) is 3. The van der Waals surface area contributed by atoms with E-state index in [2.05, 4.69) is 0 Å². The summed E-state index contributed by atoms with van der Waals surface area (Å²) in [6, 6.07) is 0. The van der Waals surface area contributed by atoms with E-state index in [1.165, 1.54) is 0 Å². The number of hydrogen-bond donors (Lipinski definition) is 1. The van der Waals surface area contributed by atoms with Crippen LogP contribution in [0.1, 0.15) is 39.5 Å². The van der Waals surface area contributed by atoms with Crippen LogP contribution in [0.4, 0.5) is 13.2 Å². The third-order valence-corrected chi connectivity index (χ3v) is 3.30. The molecule has 1 aliphatic rings. The van der Waals surface area contributed by atoms with Gasteiger partial charge in [0, 0.05) is 0 Å². The Hall–Kier alpha value is -0.780. The molecule has 0 spiro atoms. The Morgan fingerprint density at radius 2 is 1.82 bits per heavy atom. The van der Waals surface area contributed by atoms with Crippen molar-refractivity contribution in [1.29, 1.82) is 0 Å². The van der Waals surface area contributed by atoms with Crippen LogP contribution in [0.15, 0.2) is 0 Å². The largest absolute Gasteiger partial charge is 0.460 e. The molecule has 0 aromatic rings. The molecular formula is C11H18F3NO2. The predicted octanol–water partition coefficient (Wildman–Crippen LogP) is 2.39. The second kappa shape index (κ2) is 4.84. The van der Waals surface area contributed by atoms with E-state index in [9.17, 15) is 18.0 Å². The lowest BCUT2D eigenvalue weighted by molar-refractivity contribution is -0.207. The average Bonchev–Trinajstić information content (AvgIpc) is 2.19. The van der Waals surface area contributed by atoms with Gasteiger partial charge in [-0.05, 0) is 32.1 Å². The van der Waals surface area contributed by atoms with Crippen LogP contribution in [-0.2, 0) is 9.53 Å². The van der Waals surface area contributed by atoms with Crippen molar-refractivity contribution in [2.45, 2.75) is 57.3 Å².